The summed E-state index contributed by atoms with van der Waals surface area (Å²) < 4.78 is 0. The maximum absolute atomic E-state index is 12.4. The number of carbonyl (C=O) groups excluding carboxylic acids is 2. The van der Waals surface area contributed by atoms with E-state index in [0.717, 1.165) is 32.1 Å². The van der Waals surface area contributed by atoms with Gasteiger partial charge in [-0.3, -0.25) is 9.59 Å². The highest BCUT2D eigenvalue weighted by molar-refractivity contribution is 5.83. The Balaban J connectivity index is 1.51. The molecular formula is C18H24N2O3. The van der Waals surface area contributed by atoms with Gasteiger partial charge in [0.05, 0.1) is 0 Å². The van der Waals surface area contributed by atoms with Gasteiger partial charge in [-0.05, 0) is 24.8 Å². The molecule has 0 bridgehead atoms. The molecule has 1 aromatic carbocycles. The number of nitrogens with zero attached hydrogens (tertiary/aromatic N) is 1. The molecule has 1 aliphatic carbocycles. The summed E-state index contributed by atoms with van der Waals surface area (Å²) >= 11 is 0. The maximum atomic E-state index is 12.4. The smallest absolute Gasteiger partial charge is 0.253 e. The fraction of sp³-hybridized carbons (Fsp3) is 0.556. The number of hydrogen-bond acceptors (Lipinski definition) is 3. The molecule has 0 spiro atoms. The van der Waals surface area contributed by atoms with Gasteiger partial charge in [-0.25, -0.2) is 0 Å². The highest BCUT2D eigenvalue weighted by atomic mass is 16.3. The molecule has 0 radical (unpaired) electrons. The Hall–Kier alpha value is -1.88. The molecule has 1 aromatic rings. The molecule has 2 atom stereocenters. The van der Waals surface area contributed by atoms with Crippen molar-refractivity contribution in [3.05, 3.63) is 35.9 Å². The highest BCUT2D eigenvalue weighted by Gasteiger charge is 2.33. The molecule has 0 aromatic heterocycles. The lowest BCUT2D eigenvalue weighted by atomic mass is 10.1. The minimum absolute atomic E-state index is 0.0637. The molecule has 2 aliphatic rings. The molecule has 23 heavy (non-hydrogen) atoms. The van der Waals surface area contributed by atoms with Crippen LogP contribution < -0.4 is 5.32 Å². The number of carbonyl (C=O) groups is 2. The molecule has 2 fully saturated rings. The average molecular weight is 316 g/mol. The first-order valence-corrected chi connectivity index (χ1v) is 8.47. The van der Waals surface area contributed by atoms with E-state index in [0.29, 0.717) is 18.7 Å². The predicted octanol–water partition coefficient (Wildman–Crippen LogP) is 1.63. The van der Waals surface area contributed by atoms with Gasteiger partial charge in [-0.15, -0.1) is 0 Å². The van der Waals surface area contributed by atoms with Gasteiger partial charge in [-0.2, -0.15) is 0 Å². The average Bonchev–Trinajstić information content (AvgIpc) is 3.26. The third kappa shape index (κ3) is 3.72. The van der Waals surface area contributed by atoms with Crippen molar-refractivity contribution in [3.63, 3.8) is 0 Å². The van der Waals surface area contributed by atoms with Crippen molar-refractivity contribution in [2.75, 3.05) is 13.1 Å². The van der Waals surface area contributed by atoms with Crippen LogP contribution in [0.4, 0.5) is 0 Å². The summed E-state index contributed by atoms with van der Waals surface area (Å²) in [5.41, 5.74) is 0.585. The highest BCUT2D eigenvalue weighted by Crippen LogP contribution is 2.28. The van der Waals surface area contributed by atoms with Crippen LogP contribution in [-0.2, 0) is 9.59 Å². The lowest BCUT2D eigenvalue weighted by molar-refractivity contribution is -0.135. The predicted molar refractivity (Wildman–Crippen MR) is 86.5 cm³/mol. The van der Waals surface area contributed by atoms with Gasteiger partial charge in [0.25, 0.3) is 5.91 Å². The third-order valence-electron chi connectivity index (χ3n) is 4.91. The second kappa shape index (κ2) is 7.13. The van der Waals surface area contributed by atoms with E-state index in [1.54, 1.807) is 24.3 Å². The Morgan fingerprint density at radius 2 is 1.83 bits per heavy atom. The van der Waals surface area contributed by atoms with Gasteiger partial charge in [0.15, 0.2) is 6.10 Å². The van der Waals surface area contributed by atoms with Gasteiger partial charge in [-0.1, -0.05) is 43.2 Å². The minimum Gasteiger partial charge on any atom is -0.378 e. The number of nitrogens with one attached hydrogen (secondary N) is 1. The van der Waals surface area contributed by atoms with Gasteiger partial charge in [0.2, 0.25) is 5.91 Å². The zero-order valence-corrected chi connectivity index (χ0v) is 13.3. The van der Waals surface area contributed by atoms with E-state index < -0.39 is 12.0 Å². The monoisotopic (exact) mass is 316 g/mol. The number of amides is 2. The van der Waals surface area contributed by atoms with E-state index in [9.17, 15) is 14.7 Å². The largest absolute Gasteiger partial charge is 0.378 e. The minimum atomic E-state index is -1.16. The van der Waals surface area contributed by atoms with Crippen LogP contribution in [0.5, 0.6) is 0 Å². The first kappa shape index (κ1) is 16.0. The van der Waals surface area contributed by atoms with Crippen molar-refractivity contribution in [3.8, 4) is 0 Å². The molecule has 1 saturated carbocycles. The van der Waals surface area contributed by atoms with Gasteiger partial charge in [0.1, 0.15) is 0 Å². The number of benzene rings is 1. The van der Waals surface area contributed by atoms with Gasteiger partial charge in [0, 0.05) is 25.0 Å². The van der Waals surface area contributed by atoms with Crippen LogP contribution in [0.1, 0.15) is 43.8 Å². The Labute approximate surface area is 136 Å². The molecule has 1 heterocycles. The molecular weight excluding hydrogens is 292 g/mol. The number of rotatable bonds is 4. The van der Waals surface area contributed by atoms with Crippen LogP contribution in [0.25, 0.3) is 0 Å². The Morgan fingerprint density at radius 1 is 1.13 bits per heavy atom. The second-order valence-electron chi connectivity index (χ2n) is 6.57. The molecule has 124 valence electrons. The number of hydrogen-bond donors (Lipinski definition) is 2. The second-order valence-corrected chi connectivity index (χ2v) is 6.57. The van der Waals surface area contributed by atoms with Gasteiger partial charge < -0.3 is 15.3 Å². The van der Waals surface area contributed by atoms with Crippen molar-refractivity contribution in [2.24, 2.45) is 5.92 Å². The Kier molecular flexibility index (Phi) is 4.96. The standard InChI is InChI=1S/C18H24N2O3/c21-16(13-6-2-1-3-7-13)17(22)19-15-10-11-20(12-15)18(23)14-8-4-5-9-14/h1-3,6-7,14-16,21H,4-5,8-12H2,(H,19,22). The van der Waals surface area contributed by atoms with E-state index in [2.05, 4.69) is 5.32 Å². The zero-order chi connectivity index (χ0) is 16.2. The van der Waals surface area contributed by atoms with Crippen LogP contribution in [0.2, 0.25) is 0 Å². The topological polar surface area (TPSA) is 69.6 Å². The summed E-state index contributed by atoms with van der Waals surface area (Å²) in [4.78, 5) is 26.4. The summed E-state index contributed by atoms with van der Waals surface area (Å²) in [7, 11) is 0. The first-order chi connectivity index (χ1) is 11.1. The molecule has 2 amide bonds. The van der Waals surface area contributed by atoms with E-state index >= 15 is 0 Å². The summed E-state index contributed by atoms with van der Waals surface area (Å²) in [5, 5.41) is 13.0. The Morgan fingerprint density at radius 3 is 2.52 bits per heavy atom. The van der Waals surface area contributed by atoms with Crippen molar-refractivity contribution in [2.45, 2.75) is 44.2 Å². The van der Waals surface area contributed by atoms with E-state index in [-0.39, 0.29) is 17.9 Å². The molecule has 3 rings (SSSR count). The van der Waals surface area contributed by atoms with E-state index in [1.807, 2.05) is 11.0 Å². The molecule has 5 nitrogen and oxygen atoms in total. The van der Waals surface area contributed by atoms with Crippen LogP contribution in [0.3, 0.4) is 0 Å². The summed E-state index contributed by atoms with van der Waals surface area (Å²) in [6.07, 6.45) is 3.89. The first-order valence-electron chi connectivity index (χ1n) is 8.47. The maximum Gasteiger partial charge on any atom is 0.253 e. The summed E-state index contributed by atoms with van der Waals surface area (Å²) in [5.74, 6) is 0.0265. The molecule has 1 aliphatic heterocycles. The lowest BCUT2D eigenvalue weighted by Crippen LogP contribution is -2.41. The van der Waals surface area contributed by atoms with Crippen molar-refractivity contribution in [1.29, 1.82) is 0 Å². The Bertz CT molecular complexity index is 555. The molecule has 2 N–H and O–H groups in total. The zero-order valence-electron chi connectivity index (χ0n) is 13.3. The number of likely N-dealkylation sites (tertiary alicyclic amines) is 1. The SMILES string of the molecule is O=C(NC1CCN(C(=O)C2CCCC2)C1)C(O)c1ccccc1. The quantitative estimate of drug-likeness (QED) is 0.887. The van der Waals surface area contributed by atoms with Crippen LogP contribution in [0, 0.1) is 5.92 Å². The molecule has 1 saturated heterocycles. The molecule has 2 unspecified atom stereocenters. The van der Waals surface area contributed by atoms with E-state index in [4.69, 9.17) is 0 Å². The van der Waals surface area contributed by atoms with Crippen LogP contribution in [0.15, 0.2) is 30.3 Å². The van der Waals surface area contributed by atoms with Crippen LogP contribution >= 0.6 is 0 Å². The lowest BCUT2D eigenvalue weighted by Gasteiger charge is -2.21. The van der Waals surface area contributed by atoms with Crippen molar-refractivity contribution >= 4 is 11.8 Å². The van der Waals surface area contributed by atoms with Gasteiger partial charge >= 0.3 is 0 Å². The van der Waals surface area contributed by atoms with Crippen molar-refractivity contribution in [1.82, 2.24) is 10.2 Å². The fourth-order valence-electron chi connectivity index (χ4n) is 3.58. The van der Waals surface area contributed by atoms with E-state index in [1.165, 1.54) is 0 Å². The number of aliphatic hydroxyl groups excluding tert-OH is 1. The third-order valence-corrected chi connectivity index (χ3v) is 4.91. The molecule has 5 heteroatoms. The summed E-state index contributed by atoms with van der Waals surface area (Å²) in [6, 6.07) is 8.83. The van der Waals surface area contributed by atoms with Crippen LogP contribution in [-0.4, -0.2) is 41.0 Å². The van der Waals surface area contributed by atoms with Crippen molar-refractivity contribution < 1.29 is 14.7 Å². The fourth-order valence-corrected chi connectivity index (χ4v) is 3.58. The summed E-state index contributed by atoms with van der Waals surface area (Å²) in [6.45, 7) is 1.25. The number of aliphatic hydroxyl groups is 1. The normalized spacial score (nSPS) is 23.0.